The van der Waals surface area contributed by atoms with Gasteiger partial charge in [0.1, 0.15) is 10.4 Å². The van der Waals surface area contributed by atoms with Crippen molar-refractivity contribution >= 4 is 48.0 Å². The van der Waals surface area contributed by atoms with Crippen LogP contribution in [0.1, 0.15) is 5.56 Å². The van der Waals surface area contributed by atoms with Gasteiger partial charge in [-0.05, 0) is 53.8 Å². The van der Waals surface area contributed by atoms with Crippen LogP contribution in [0.2, 0.25) is 0 Å². The summed E-state index contributed by atoms with van der Waals surface area (Å²) < 4.78 is 31.9. The minimum Gasteiger partial charge on any atom is -0.496 e. The van der Waals surface area contributed by atoms with Gasteiger partial charge in [-0.1, -0.05) is 6.07 Å². The summed E-state index contributed by atoms with van der Waals surface area (Å²) in [6, 6.07) is 11.1. The van der Waals surface area contributed by atoms with Gasteiger partial charge in [-0.25, -0.2) is 8.42 Å². The minimum atomic E-state index is -3.36. The smallest absolute Gasteiger partial charge is 0.266 e. The molecule has 0 spiro atoms. The van der Waals surface area contributed by atoms with Crippen LogP contribution < -0.4 is 15.0 Å². The maximum Gasteiger partial charge on any atom is 0.266 e. The van der Waals surface area contributed by atoms with E-state index in [4.69, 9.17) is 4.74 Å². The van der Waals surface area contributed by atoms with E-state index in [0.29, 0.717) is 16.1 Å². The van der Waals surface area contributed by atoms with Gasteiger partial charge in [0.2, 0.25) is 10.0 Å². The van der Waals surface area contributed by atoms with Gasteiger partial charge in [0, 0.05) is 21.9 Å². The highest BCUT2D eigenvalue weighted by Gasteiger charge is 2.17. The molecule has 0 radical (unpaired) electrons. The lowest BCUT2D eigenvalue weighted by molar-refractivity contribution is 0.417. The van der Waals surface area contributed by atoms with E-state index in [1.807, 2.05) is 42.6 Å². The minimum absolute atomic E-state index is 0.113. The van der Waals surface area contributed by atoms with Gasteiger partial charge in [0.25, 0.3) is 5.56 Å². The molecule has 8 heteroatoms. The van der Waals surface area contributed by atoms with Gasteiger partial charge in [-0.2, -0.15) is 0 Å². The molecule has 2 aromatic heterocycles. The van der Waals surface area contributed by atoms with Gasteiger partial charge in [0.15, 0.2) is 0 Å². The molecule has 0 fully saturated rings. The van der Waals surface area contributed by atoms with Crippen molar-refractivity contribution < 1.29 is 13.2 Å². The van der Waals surface area contributed by atoms with Crippen molar-refractivity contribution in [1.82, 2.24) is 4.98 Å². The van der Waals surface area contributed by atoms with E-state index < -0.39 is 10.0 Å². The van der Waals surface area contributed by atoms with Crippen LogP contribution in [-0.2, 0) is 10.0 Å². The first-order valence-corrected chi connectivity index (χ1v) is 11.2. The molecule has 0 saturated heterocycles. The van der Waals surface area contributed by atoms with Crippen LogP contribution in [0.3, 0.4) is 0 Å². The number of aromatic amines is 1. The largest absolute Gasteiger partial charge is 0.496 e. The highest BCUT2D eigenvalue weighted by atomic mass is 32.2. The average Bonchev–Trinajstić information content (AvgIpc) is 3.12. The van der Waals surface area contributed by atoms with E-state index in [-0.39, 0.29) is 5.56 Å². The number of ether oxygens (including phenoxy) is 1. The molecular weight excluding hydrogens is 396 g/mol. The van der Waals surface area contributed by atoms with Crippen LogP contribution in [0.4, 0.5) is 5.69 Å². The number of aromatic nitrogens is 1. The first-order valence-electron chi connectivity index (χ1n) is 8.47. The molecule has 4 aromatic rings. The number of methoxy groups -OCH3 is 1. The summed E-state index contributed by atoms with van der Waals surface area (Å²) in [5.74, 6) is 0.676. The monoisotopic (exact) mass is 414 g/mol. The molecule has 0 saturated carbocycles. The number of hydrogen-bond donors (Lipinski definition) is 2. The van der Waals surface area contributed by atoms with Crippen molar-refractivity contribution in [3.05, 3.63) is 57.7 Å². The zero-order valence-corrected chi connectivity index (χ0v) is 17.1. The standard InChI is InChI=1S/C20H18N2O4S2/c1-11-10-12(4-5-14(11)22-28(3,24)25)17-16(26-2)7-6-15-18(17)13-8-9-27-19(13)20(23)21-15/h4-10,22H,1-3H3,(H,21,23). The Morgan fingerprint density at radius 1 is 1.14 bits per heavy atom. The van der Waals surface area contributed by atoms with E-state index in [9.17, 15) is 13.2 Å². The van der Waals surface area contributed by atoms with Crippen molar-refractivity contribution in [3.8, 4) is 16.9 Å². The predicted molar refractivity (Wildman–Crippen MR) is 115 cm³/mol. The van der Waals surface area contributed by atoms with Gasteiger partial charge in [-0.15, -0.1) is 11.3 Å². The van der Waals surface area contributed by atoms with Gasteiger partial charge in [0.05, 0.1) is 19.1 Å². The third kappa shape index (κ3) is 3.14. The molecule has 2 aromatic carbocycles. The normalized spacial score (nSPS) is 11.8. The first kappa shape index (κ1) is 18.5. The van der Waals surface area contributed by atoms with Crippen molar-refractivity contribution in [2.75, 3.05) is 18.1 Å². The molecule has 0 unspecified atom stereocenters. The van der Waals surface area contributed by atoms with Crippen LogP contribution in [0, 0.1) is 6.92 Å². The third-order valence-corrected chi connectivity index (χ3v) is 6.09. The number of aryl methyl sites for hydroxylation is 1. The molecule has 0 aliphatic carbocycles. The number of anilines is 1. The van der Waals surface area contributed by atoms with Crippen molar-refractivity contribution in [3.63, 3.8) is 0 Å². The molecule has 0 aliphatic rings. The van der Waals surface area contributed by atoms with Crippen LogP contribution >= 0.6 is 11.3 Å². The first-order chi connectivity index (χ1) is 13.3. The molecule has 6 nitrogen and oxygen atoms in total. The fourth-order valence-corrected chi connectivity index (χ4v) is 4.84. The average molecular weight is 415 g/mol. The molecule has 2 N–H and O–H groups in total. The number of H-pyrrole nitrogens is 1. The summed E-state index contributed by atoms with van der Waals surface area (Å²) >= 11 is 1.40. The SMILES string of the molecule is COc1ccc2[nH]c(=O)c3sccc3c2c1-c1ccc(NS(C)(=O)=O)c(C)c1. The maximum absolute atomic E-state index is 12.3. The molecule has 2 heterocycles. The molecular formula is C20H18N2O4S2. The number of benzene rings is 2. The number of rotatable bonds is 4. The maximum atomic E-state index is 12.3. The van der Waals surface area contributed by atoms with E-state index in [1.165, 1.54) is 11.3 Å². The molecule has 0 atom stereocenters. The highest BCUT2D eigenvalue weighted by molar-refractivity contribution is 7.92. The molecule has 4 rings (SSSR count). The number of hydrogen-bond acceptors (Lipinski definition) is 5. The number of pyridine rings is 1. The summed E-state index contributed by atoms with van der Waals surface area (Å²) in [5, 5.41) is 3.67. The summed E-state index contributed by atoms with van der Waals surface area (Å²) in [7, 11) is -1.76. The molecule has 0 amide bonds. The topological polar surface area (TPSA) is 88.3 Å². The van der Waals surface area contributed by atoms with Crippen LogP contribution in [0.5, 0.6) is 5.75 Å². The van der Waals surface area contributed by atoms with Gasteiger partial charge >= 0.3 is 0 Å². The lowest BCUT2D eigenvalue weighted by atomic mass is 9.96. The number of thiophene rings is 1. The Morgan fingerprint density at radius 3 is 2.61 bits per heavy atom. The van der Waals surface area contributed by atoms with E-state index in [0.717, 1.165) is 39.2 Å². The Morgan fingerprint density at radius 2 is 1.93 bits per heavy atom. The zero-order chi connectivity index (χ0) is 20.1. The number of sulfonamides is 1. The summed E-state index contributed by atoms with van der Waals surface area (Å²) in [5.41, 5.74) is 3.65. The molecule has 144 valence electrons. The quantitative estimate of drug-likeness (QED) is 0.526. The molecule has 0 bridgehead atoms. The zero-order valence-electron chi connectivity index (χ0n) is 15.5. The van der Waals surface area contributed by atoms with Crippen LogP contribution in [0.15, 0.2) is 46.6 Å². The molecule has 28 heavy (non-hydrogen) atoms. The molecule has 0 aliphatic heterocycles. The fourth-order valence-electron chi connectivity index (χ4n) is 3.42. The van der Waals surface area contributed by atoms with Crippen molar-refractivity contribution in [2.24, 2.45) is 0 Å². The Kier molecular flexibility index (Phi) is 4.40. The summed E-state index contributed by atoms with van der Waals surface area (Å²) in [4.78, 5) is 15.3. The van der Waals surface area contributed by atoms with Gasteiger partial charge < -0.3 is 9.72 Å². The summed E-state index contributed by atoms with van der Waals surface area (Å²) in [6.45, 7) is 1.84. The van der Waals surface area contributed by atoms with Crippen molar-refractivity contribution in [1.29, 1.82) is 0 Å². The Labute approximate surface area is 165 Å². The summed E-state index contributed by atoms with van der Waals surface area (Å²) in [6.07, 6.45) is 1.12. The second-order valence-corrected chi connectivity index (χ2v) is 9.25. The van der Waals surface area contributed by atoms with E-state index in [2.05, 4.69) is 9.71 Å². The number of nitrogens with one attached hydrogen (secondary N) is 2. The van der Waals surface area contributed by atoms with Crippen molar-refractivity contribution in [2.45, 2.75) is 6.92 Å². The van der Waals surface area contributed by atoms with Crippen LogP contribution in [0.25, 0.3) is 32.1 Å². The predicted octanol–water partition coefficient (Wildman–Crippen LogP) is 4.10. The van der Waals surface area contributed by atoms with E-state index in [1.54, 1.807) is 13.2 Å². The number of fused-ring (bicyclic) bond motifs is 3. The Bertz CT molecular complexity index is 1380. The second kappa shape index (κ2) is 6.65. The lowest BCUT2D eigenvalue weighted by Crippen LogP contribution is -2.10. The Balaban J connectivity index is 2.04. The fraction of sp³-hybridized carbons (Fsp3) is 0.150. The van der Waals surface area contributed by atoms with Crippen LogP contribution in [-0.4, -0.2) is 26.8 Å². The van der Waals surface area contributed by atoms with Gasteiger partial charge in [-0.3, -0.25) is 9.52 Å². The highest BCUT2D eigenvalue weighted by Crippen LogP contribution is 2.41. The third-order valence-electron chi connectivity index (χ3n) is 4.59. The Hall–Kier alpha value is -2.84. The lowest BCUT2D eigenvalue weighted by Gasteiger charge is -2.15. The second-order valence-electron chi connectivity index (χ2n) is 6.59. The van der Waals surface area contributed by atoms with E-state index >= 15 is 0 Å².